The van der Waals surface area contributed by atoms with Gasteiger partial charge in [0.25, 0.3) is 0 Å². The van der Waals surface area contributed by atoms with Gasteiger partial charge in [-0.25, -0.2) is 0 Å². The highest BCUT2D eigenvalue weighted by Crippen LogP contribution is 2.38. The topological polar surface area (TPSA) is 154 Å². The Bertz CT molecular complexity index is 2520. The summed E-state index contributed by atoms with van der Waals surface area (Å²) in [7, 11) is 3.21. The van der Waals surface area contributed by atoms with Gasteiger partial charge in [0, 0.05) is 36.1 Å². The van der Waals surface area contributed by atoms with Crippen LogP contribution in [0.15, 0.2) is 85.5 Å². The molecule has 0 aliphatic carbocycles. The third-order valence-corrected chi connectivity index (χ3v) is 9.98. The summed E-state index contributed by atoms with van der Waals surface area (Å²) in [5, 5.41) is 40.2. The van der Waals surface area contributed by atoms with Crippen molar-refractivity contribution < 1.29 is 29.3 Å². The van der Waals surface area contributed by atoms with Gasteiger partial charge in [-0.05, 0) is 103 Å². The summed E-state index contributed by atoms with van der Waals surface area (Å²) in [5.74, 6) is 1.84. The first-order valence-corrected chi connectivity index (χ1v) is 19.7. The van der Waals surface area contributed by atoms with Crippen molar-refractivity contribution in [3.8, 4) is 34.4 Å². The van der Waals surface area contributed by atoms with Crippen LogP contribution in [0, 0.1) is 0 Å². The van der Waals surface area contributed by atoms with Crippen molar-refractivity contribution in [3.05, 3.63) is 108 Å². The molecule has 0 spiro atoms. The second-order valence-corrected chi connectivity index (χ2v) is 16.8. The van der Waals surface area contributed by atoms with Crippen LogP contribution in [0.1, 0.15) is 96.4 Å². The number of carbonyl (C=O) groups is 2. The quantitative estimate of drug-likeness (QED) is 0.102. The number of aromatic nitrogens is 6. The molecule has 0 aliphatic rings. The van der Waals surface area contributed by atoms with Crippen LogP contribution in [0.3, 0.4) is 0 Å². The molecule has 0 radical (unpaired) electrons. The Balaban J connectivity index is 0.000000224. The Morgan fingerprint density at radius 3 is 1.44 bits per heavy atom. The molecule has 0 fully saturated rings. The zero-order valence-electron chi connectivity index (χ0n) is 35.7. The maximum Gasteiger partial charge on any atom is 0.157 e. The van der Waals surface area contributed by atoms with Crippen LogP contribution >= 0.6 is 0 Å². The van der Waals surface area contributed by atoms with Crippen LogP contribution in [-0.2, 0) is 33.3 Å². The Hall–Kier alpha value is -6.30. The van der Waals surface area contributed by atoms with Gasteiger partial charge in [0.2, 0.25) is 0 Å². The molecule has 2 aromatic heterocycles. The molecule has 0 unspecified atom stereocenters. The van der Waals surface area contributed by atoms with E-state index in [1.54, 1.807) is 21.1 Å². The van der Waals surface area contributed by atoms with Gasteiger partial charge >= 0.3 is 0 Å². The van der Waals surface area contributed by atoms with E-state index < -0.39 is 0 Å². The van der Waals surface area contributed by atoms with Crippen LogP contribution in [0.25, 0.3) is 33.4 Å². The fraction of sp³-hybridized carbons (Fsp3) is 0.362. The number of aromatic hydroxyl groups is 2. The summed E-state index contributed by atoms with van der Waals surface area (Å²) in [6.45, 7) is 21.3. The summed E-state index contributed by atoms with van der Waals surface area (Å²) in [6.07, 6.45) is 5.12. The van der Waals surface area contributed by atoms with Crippen LogP contribution in [0.4, 0.5) is 0 Å². The number of ketones is 2. The highest BCUT2D eigenvalue weighted by Gasteiger charge is 2.25. The molecule has 0 aliphatic heterocycles. The fourth-order valence-electron chi connectivity index (χ4n) is 6.59. The first kappa shape index (κ1) is 43.8. The standard InChI is InChI=1S/C24H29N3O3.C23H27N3O3/c1-15(2)22(28)9-7-8-16-12-18(24(3,4)5)23(29)21(13-16)27-25-19-11-10-17(30-6)14-20(19)26-27;1-6-16(27)9-7-8-15-12-18(23(2,3)4)22(28)21(13-15)26-24-19-11-10-17(29-5)14-20(19)25-26/h10-14,29H,1,7-9H2,2-6H3;6,10-14,28H,1,7-9H2,2-5H3. The average Bonchev–Trinajstić information content (AvgIpc) is 3.81. The van der Waals surface area contributed by atoms with E-state index >= 15 is 0 Å². The number of aryl methyl sites for hydroxylation is 2. The second-order valence-electron chi connectivity index (χ2n) is 16.8. The van der Waals surface area contributed by atoms with Gasteiger partial charge < -0.3 is 19.7 Å². The number of phenols is 2. The van der Waals surface area contributed by atoms with Crippen molar-refractivity contribution in [2.75, 3.05) is 14.2 Å². The minimum Gasteiger partial charge on any atom is -0.505 e. The number of methoxy groups -OCH3 is 2. The lowest BCUT2D eigenvalue weighted by atomic mass is 9.84. The predicted octanol–water partition coefficient (Wildman–Crippen LogP) is 9.41. The second kappa shape index (κ2) is 18.1. The third kappa shape index (κ3) is 10.6. The minimum atomic E-state index is -0.266. The van der Waals surface area contributed by atoms with Crippen molar-refractivity contribution in [2.24, 2.45) is 0 Å². The number of hydrogen-bond donors (Lipinski definition) is 2. The molecule has 0 atom stereocenters. The molecule has 6 aromatic rings. The van der Waals surface area contributed by atoms with E-state index in [9.17, 15) is 19.8 Å². The van der Waals surface area contributed by atoms with Gasteiger partial charge in [-0.1, -0.05) is 66.8 Å². The number of phenolic OH excluding ortho intramolecular Hbond substituents is 2. The van der Waals surface area contributed by atoms with Gasteiger partial charge in [-0.15, -0.1) is 30.0 Å². The molecule has 0 saturated carbocycles. The highest BCUT2D eigenvalue weighted by atomic mass is 16.5. The van der Waals surface area contributed by atoms with E-state index in [1.807, 2.05) is 60.7 Å². The minimum absolute atomic E-state index is 0.0361. The monoisotopic (exact) mass is 800 g/mol. The molecule has 2 N–H and O–H groups in total. The van der Waals surface area contributed by atoms with Gasteiger partial charge in [-0.3, -0.25) is 9.59 Å². The maximum absolute atomic E-state index is 11.9. The SMILES string of the molecule is C=C(C)C(=O)CCCc1cc(-n2nc3ccc(OC)cc3n2)c(O)c(C(C)(C)C)c1.C=CC(=O)CCCc1cc(-n2nc3ccc(OC)cc3n2)c(O)c(C(C)(C)C)c1. The Morgan fingerprint density at radius 1 is 0.661 bits per heavy atom. The van der Waals surface area contributed by atoms with E-state index in [0.717, 1.165) is 22.3 Å². The number of carbonyl (C=O) groups excluding carboxylic acids is 2. The molecule has 0 saturated heterocycles. The lowest BCUT2D eigenvalue weighted by molar-refractivity contribution is -0.116. The molecule has 310 valence electrons. The molecule has 0 amide bonds. The van der Waals surface area contributed by atoms with Crippen LogP contribution in [-0.4, -0.2) is 66.0 Å². The molecular weight excluding hydrogens is 745 g/mol. The number of nitrogens with zero attached hydrogens (tertiary/aromatic N) is 6. The van der Waals surface area contributed by atoms with Gasteiger partial charge in [0.15, 0.2) is 11.6 Å². The molecular formula is C47H56N6O6. The first-order chi connectivity index (χ1) is 27.8. The van der Waals surface area contributed by atoms with Crippen molar-refractivity contribution in [1.29, 1.82) is 0 Å². The number of fused-ring (bicyclic) bond motifs is 2. The van der Waals surface area contributed by atoms with Crippen LogP contribution in [0.2, 0.25) is 0 Å². The smallest absolute Gasteiger partial charge is 0.157 e. The van der Waals surface area contributed by atoms with E-state index in [1.165, 1.54) is 15.7 Å². The largest absolute Gasteiger partial charge is 0.505 e. The molecule has 12 heteroatoms. The summed E-state index contributed by atoms with van der Waals surface area (Å²) in [5.41, 5.74) is 7.59. The number of benzene rings is 4. The molecule has 6 rings (SSSR count). The predicted molar refractivity (Wildman–Crippen MR) is 232 cm³/mol. The molecule has 4 aromatic carbocycles. The average molecular weight is 801 g/mol. The molecule has 0 bridgehead atoms. The van der Waals surface area contributed by atoms with Gasteiger partial charge in [-0.2, -0.15) is 0 Å². The van der Waals surface area contributed by atoms with Crippen molar-refractivity contribution in [2.45, 2.75) is 97.8 Å². The molecule has 59 heavy (non-hydrogen) atoms. The number of ether oxygens (including phenoxy) is 2. The lowest BCUT2D eigenvalue weighted by Gasteiger charge is -2.23. The summed E-state index contributed by atoms with van der Waals surface area (Å²) in [4.78, 5) is 26.3. The zero-order valence-corrected chi connectivity index (χ0v) is 35.7. The maximum atomic E-state index is 11.9. The fourth-order valence-corrected chi connectivity index (χ4v) is 6.59. The van der Waals surface area contributed by atoms with Crippen LogP contribution in [0.5, 0.6) is 23.0 Å². The number of allylic oxidation sites excluding steroid dienone is 2. The van der Waals surface area contributed by atoms with E-state index in [-0.39, 0.29) is 33.9 Å². The number of rotatable bonds is 14. The summed E-state index contributed by atoms with van der Waals surface area (Å²) in [6, 6.07) is 18.8. The van der Waals surface area contributed by atoms with Crippen molar-refractivity contribution in [3.63, 3.8) is 0 Å². The first-order valence-electron chi connectivity index (χ1n) is 19.7. The Morgan fingerprint density at radius 2 is 1.07 bits per heavy atom. The highest BCUT2D eigenvalue weighted by molar-refractivity contribution is 5.94. The van der Waals surface area contributed by atoms with E-state index in [4.69, 9.17) is 9.47 Å². The van der Waals surface area contributed by atoms with Crippen molar-refractivity contribution in [1.82, 2.24) is 30.0 Å². The Labute approximate surface area is 346 Å². The zero-order chi connectivity index (χ0) is 43.2. The lowest BCUT2D eigenvalue weighted by Crippen LogP contribution is -2.14. The van der Waals surface area contributed by atoms with E-state index in [0.29, 0.717) is 89.0 Å². The van der Waals surface area contributed by atoms with Gasteiger partial charge in [0.1, 0.15) is 56.4 Å². The number of Topliss-reactive ketones (excluding diaryl/α,β-unsaturated/α-hetero) is 1. The third-order valence-electron chi connectivity index (χ3n) is 9.98. The molecule has 12 nitrogen and oxygen atoms in total. The van der Waals surface area contributed by atoms with Gasteiger partial charge in [0.05, 0.1) is 14.2 Å². The van der Waals surface area contributed by atoms with Crippen molar-refractivity contribution >= 4 is 33.6 Å². The van der Waals surface area contributed by atoms with Crippen LogP contribution < -0.4 is 9.47 Å². The normalized spacial score (nSPS) is 11.6. The summed E-state index contributed by atoms with van der Waals surface area (Å²) >= 11 is 0. The Kier molecular flexibility index (Phi) is 13.4. The van der Waals surface area contributed by atoms with E-state index in [2.05, 4.69) is 75.1 Å². The number of hydrogen-bond acceptors (Lipinski definition) is 10. The summed E-state index contributed by atoms with van der Waals surface area (Å²) < 4.78 is 10.5. The molecule has 2 heterocycles.